The smallest absolute Gasteiger partial charge is 0.123 e. The third kappa shape index (κ3) is 2.84. The van der Waals surface area contributed by atoms with E-state index in [1.54, 1.807) is 12.3 Å². The number of halogens is 1. The minimum absolute atomic E-state index is 0.0249. The molecule has 1 aromatic carbocycles. The van der Waals surface area contributed by atoms with Crippen molar-refractivity contribution in [2.45, 2.75) is 33.4 Å². The fourth-order valence-corrected chi connectivity index (χ4v) is 2.35. The van der Waals surface area contributed by atoms with Crippen LogP contribution in [0.2, 0.25) is 0 Å². The molecule has 1 N–H and O–H groups in total. The van der Waals surface area contributed by atoms with Crippen molar-refractivity contribution in [2.24, 2.45) is 0 Å². The molecule has 102 valence electrons. The maximum absolute atomic E-state index is 13.5. The van der Waals surface area contributed by atoms with E-state index in [2.05, 4.69) is 17.3 Å². The number of rotatable bonds is 5. The van der Waals surface area contributed by atoms with Gasteiger partial charge in [-0.25, -0.2) is 4.39 Å². The highest BCUT2D eigenvalue weighted by Gasteiger charge is 2.19. The maximum Gasteiger partial charge on any atom is 0.123 e. The minimum Gasteiger partial charge on any atom is -0.305 e. The molecule has 0 fully saturated rings. The van der Waals surface area contributed by atoms with Crippen molar-refractivity contribution in [1.29, 1.82) is 0 Å². The first-order valence-electron chi connectivity index (χ1n) is 6.68. The summed E-state index contributed by atoms with van der Waals surface area (Å²) < 4.78 is 15.5. The van der Waals surface area contributed by atoms with E-state index in [0.29, 0.717) is 0 Å². The van der Waals surface area contributed by atoms with Crippen molar-refractivity contribution in [3.8, 4) is 0 Å². The van der Waals surface area contributed by atoms with Gasteiger partial charge < -0.3 is 5.32 Å². The number of nitrogens with zero attached hydrogens (tertiary/aromatic N) is 2. The fraction of sp³-hybridized carbons (Fsp3) is 0.400. The lowest BCUT2D eigenvalue weighted by atomic mass is 9.98. The van der Waals surface area contributed by atoms with Crippen LogP contribution in [0.15, 0.2) is 30.5 Å². The molecule has 4 heteroatoms. The van der Waals surface area contributed by atoms with Crippen molar-refractivity contribution >= 4 is 0 Å². The Morgan fingerprint density at radius 2 is 2.11 bits per heavy atom. The summed E-state index contributed by atoms with van der Waals surface area (Å²) in [5.41, 5.74) is 3.12. The average Bonchev–Trinajstić information content (AvgIpc) is 2.87. The lowest BCUT2D eigenvalue weighted by molar-refractivity contribution is 0.537. The summed E-state index contributed by atoms with van der Waals surface area (Å²) in [6.45, 7) is 7.73. The van der Waals surface area contributed by atoms with Crippen LogP contribution in [0, 0.1) is 12.7 Å². The molecular formula is C15H20FN3. The number of nitrogens with one attached hydrogen (secondary N) is 1. The first-order chi connectivity index (χ1) is 9.17. The highest BCUT2D eigenvalue weighted by Crippen LogP contribution is 2.25. The van der Waals surface area contributed by atoms with Gasteiger partial charge in [0.25, 0.3) is 0 Å². The number of aryl methyl sites for hydroxylation is 2. The maximum atomic E-state index is 13.5. The Kier molecular flexibility index (Phi) is 4.32. The van der Waals surface area contributed by atoms with Crippen molar-refractivity contribution in [1.82, 2.24) is 15.1 Å². The highest BCUT2D eigenvalue weighted by molar-refractivity contribution is 5.34. The zero-order chi connectivity index (χ0) is 13.8. The molecule has 0 saturated heterocycles. The molecule has 1 aromatic heterocycles. The normalized spacial score (nSPS) is 12.6. The van der Waals surface area contributed by atoms with E-state index >= 15 is 0 Å². The van der Waals surface area contributed by atoms with E-state index in [1.165, 1.54) is 6.07 Å². The molecule has 1 heterocycles. The second-order valence-electron chi connectivity index (χ2n) is 4.56. The van der Waals surface area contributed by atoms with Crippen molar-refractivity contribution in [3.63, 3.8) is 0 Å². The van der Waals surface area contributed by atoms with Gasteiger partial charge >= 0.3 is 0 Å². The molecular weight excluding hydrogens is 241 g/mol. The van der Waals surface area contributed by atoms with Gasteiger partial charge in [-0.1, -0.05) is 13.0 Å². The van der Waals surface area contributed by atoms with Crippen LogP contribution in [0.5, 0.6) is 0 Å². The summed E-state index contributed by atoms with van der Waals surface area (Å²) in [5.74, 6) is -0.203. The molecule has 0 amide bonds. The quantitative estimate of drug-likeness (QED) is 0.896. The molecule has 0 aliphatic heterocycles. The Hall–Kier alpha value is -1.68. The molecule has 0 aliphatic rings. The second kappa shape index (κ2) is 5.97. The van der Waals surface area contributed by atoms with E-state index in [9.17, 15) is 4.39 Å². The molecule has 2 rings (SSSR count). The predicted molar refractivity (Wildman–Crippen MR) is 74.6 cm³/mol. The Labute approximate surface area is 113 Å². The van der Waals surface area contributed by atoms with Crippen molar-refractivity contribution in [3.05, 3.63) is 53.1 Å². The Balaban J connectivity index is 2.48. The van der Waals surface area contributed by atoms with Gasteiger partial charge in [0.05, 0.1) is 11.7 Å². The van der Waals surface area contributed by atoms with Crippen molar-refractivity contribution < 1.29 is 4.39 Å². The Morgan fingerprint density at radius 1 is 1.32 bits per heavy atom. The van der Waals surface area contributed by atoms with Crippen LogP contribution < -0.4 is 5.32 Å². The molecule has 0 aliphatic carbocycles. The molecule has 2 aromatic rings. The van der Waals surface area contributed by atoms with Crippen molar-refractivity contribution in [2.75, 3.05) is 6.54 Å². The summed E-state index contributed by atoms with van der Waals surface area (Å²) >= 11 is 0. The molecule has 19 heavy (non-hydrogen) atoms. The van der Waals surface area contributed by atoms with Crippen LogP contribution in [0.3, 0.4) is 0 Å². The zero-order valence-corrected chi connectivity index (χ0v) is 11.7. The van der Waals surface area contributed by atoms with E-state index in [-0.39, 0.29) is 11.9 Å². The van der Waals surface area contributed by atoms with E-state index in [1.807, 2.05) is 30.7 Å². The third-order valence-electron chi connectivity index (χ3n) is 3.31. The average molecular weight is 261 g/mol. The van der Waals surface area contributed by atoms with Gasteiger partial charge in [-0.2, -0.15) is 5.10 Å². The third-order valence-corrected chi connectivity index (χ3v) is 3.31. The number of aromatic nitrogens is 2. The van der Waals surface area contributed by atoms with E-state index in [0.717, 1.165) is 29.9 Å². The first-order valence-corrected chi connectivity index (χ1v) is 6.68. The summed E-state index contributed by atoms with van der Waals surface area (Å²) in [6.07, 6.45) is 1.79. The Morgan fingerprint density at radius 3 is 2.79 bits per heavy atom. The fourth-order valence-electron chi connectivity index (χ4n) is 2.35. The summed E-state index contributed by atoms with van der Waals surface area (Å²) in [6, 6.07) is 6.89. The Bertz CT molecular complexity index is 548. The van der Waals surface area contributed by atoms with E-state index in [4.69, 9.17) is 0 Å². The lowest BCUT2D eigenvalue weighted by Gasteiger charge is -2.21. The molecule has 0 bridgehead atoms. The monoisotopic (exact) mass is 261 g/mol. The molecule has 0 radical (unpaired) electrons. The lowest BCUT2D eigenvalue weighted by Crippen LogP contribution is -2.25. The van der Waals surface area contributed by atoms with Gasteiger partial charge in [0.1, 0.15) is 5.82 Å². The van der Waals surface area contributed by atoms with Gasteiger partial charge in [-0.3, -0.25) is 4.68 Å². The molecule has 0 saturated carbocycles. The largest absolute Gasteiger partial charge is 0.305 e. The number of hydrogen-bond acceptors (Lipinski definition) is 2. The van der Waals surface area contributed by atoms with Crippen LogP contribution in [0.1, 0.15) is 36.7 Å². The topological polar surface area (TPSA) is 29.9 Å². The van der Waals surface area contributed by atoms with Crippen LogP contribution >= 0.6 is 0 Å². The number of hydrogen-bond donors (Lipinski definition) is 1. The molecule has 3 nitrogen and oxygen atoms in total. The minimum atomic E-state index is -0.203. The van der Waals surface area contributed by atoms with Gasteiger partial charge in [0, 0.05) is 12.7 Å². The molecule has 1 unspecified atom stereocenters. The van der Waals surface area contributed by atoms with Crippen LogP contribution in [-0.2, 0) is 6.54 Å². The second-order valence-corrected chi connectivity index (χ2v) is 4.56. The number of benzene rings is 1. The van der Waals surface area contributed by atoms with Gasteiger partial charge in [-0.15, -0.1) is 0 Å². The summed E-state index contributed by atoms with van der Waals surface area (Å²) in [5, 5.41) is 7.71. The zero-order valence-electron chi connectivity index (χ0n) is 11.7. The summed E-state index contributed by atoms with van der Waals surface area (Å²) in [7, 11) is 0. The van der Waals surface area contributed by atoms with Gasteiger partial charge in [-0.05, 0) is 49.7 Å². The van der Waals surface area contributed by atoms with Crippen LogP contribution in [0.25, 0.3) is 0 Å². The molecule has 0 spiro atoms. The van der Waals surface area contributed by atoms with Gasteiger partial charge in [0.2, 0.25) is 0 Å². The van der Waals surface area contributed by atoms with E-state index < -0.39 is 0 Å². The highest BCUT2D eigenvalue weighted by atomic mass is 19.1. The SMILES string of the molecule is CCNC(c1cc(F)ccc1C)c1ccnn1CC. The first kappa shape index (κ1) is 13.7. The summed E-state index contributed by atoms with van der Waals surface area (Å²) in [4.78, 5) is 0. The standard InChI is InChI=1S/C15H20FN3/c1-4-17-15(14-8-9-18-19(14)5-2)13-10-12(16)7-6-11(13)3/h6-10,15,17H,4-5H2,1-3H3. The predicted octanol–water partition coefficient (Wildman–Crippen LogP) is 3.05. The van der Waals surface area contributed by atoms with Crippen LogP contribution in [-0.4, -0.2) is 16.3 Å². The van der Waals surface area contributed by atoms with Crippen LogP contribution in [0.4, 0.5) is 4.39 Å². The molecule has 1 atom stereocenters. The van der Waals surface area contributed by atoms with Gasteiger partial charge in [0.15, 0.2) is 0 Å².